The van der Waals surface area contributed by atoms with E-state index in [4.69, 9.17) is 0 Å². The van der Waals surface area contributed by atoms with Crippen LogP contribution in [0.1, 0.15) is 22.8 Å². The number of hydrogen-bond donors (Lipinski definition) is 0. The lowest BCUT2D eigenvalue weighted by Gasteiger charge is -2.18. The summed E-state index contributed by atoms with van der Waals surface area (Å²) in [5.74, 6) is -0.0465. The number of carbonyl (C=O) groups is 1. The molecule has 24 heavy (non-hydrogen) atoms. The van der Waals surface area contributed by atoms with Crippen molar-refractivity contribution in [2.75, 3.05) is 11.4 Å². The number of amides is 1. The maximum Gasteiger partial charge on any atom is 0.261 e. The quantitative estimate of drug-likeness (QED) is 0.575. The first-order valence-electron chi connectivity index (χ1n) is 7.69. The van der Waals surface area contributed by atoms with Crippen LogP contribution in [0.15, 0.2) is 58.4 Å². The van der Waals surface area contributed by atoms with E-state index in [9.17, 15) is 4.79 Å². The molecule has 0 spiro atoms. The molecule has 0 unspecified atom stereocenters. The summed E-state index contributed by atoms with van der Waals surface area (Å²) in [5.41, 5.74) is 3.82. The second-order valence-electron chi connectivity index (χ2n) is 5.41. The van der Waals surface area contributed by atoms with Gasteiger partial charge in [0.15, 0.2) is 5.13 Å². The van der Waals surface area contributed by atoms with Gasteiger partial charge in [0, 0.05) is 22.0 Å². The van der Waals surface area contributed by atoms with Crippen molar-refractivity contribution in [3.8, 4) is 11.3 Å². The Morgan fingerprint density at radius 3 is 2.54 bits per heavy atom. The Morgan fingerprint density at radius 1 is 1.17 bits per heavy atom. The van der Waals surface area contributed by atoms with E-state index < -0.39 is 0 Å². The number of nitrogens with zero attached hydrogens (tertiary/aromatic N) is 2. The zero-order valence-electron chi connectivity index (χ0n) is 13.5. The average molecular weight is 401 g/mol. The van der Waals surface area contributed by atoms with Gasteiger partial charge in [-0.1, -0.05) is 42.0 Å². The predicted molar refractivity (Wildman–Crippen MR) is 104 cm³/mol. The Labute approximate surface area is 154 Å². The van der Waals surface area contributed by atoms with E-state index >= 15 is 0 Å². The summed E-state index contributed by atoms with van der Waals surface area (Å²) in [4.78, 5) is 19.2. The van der Waals surface area contributed by atoms with Crippen molar-refractivity contribution in [3.63, 3.8) is 0 Å². The minimum Gasteiger partial charge on any atom is -0.284 e. The molecule has 0 saturated heterocycles. The average Bonchev–Trinajstić information content (AvgIpc) is 3.06. The highest BCUT2D eigenvalue weighted by molar-refractivity contribution is 9.10. The van der Waals surface area contributed by atoms with Gasteiger partial charge in [-0.05, 0) is 41.9 Å². The van der Waals surface area contributed by atoms with Crippen molar-refractivity contribution >= 4 is 38.3 Å². The van der Waals surface area contributed by atoms with Gasteiger partial charge in [-0.25, -0.2) is 4.98 Å². The number of rotatable bonds is 4. The van der Waals surface area contributed by atoms with Crippen LogP contribution >= 0.6 is 27.3 Å². The molecule has 0 saturated carbocycles. The zero-order chi connectivity index (χ0) is 17.1. The Balaban J connectivity index is 1.91. The van der Waals surface area contributed by atoms with Crippen LogP contribution in [-0.2, 0) is 0 Å². The highest BCUT2D eigenvalue weighted by atomic mass is 79.9. The molecule has 0 fully saturated rings. The predicted octanol–water partition coefficient (Wildman–Crippen LogP) is 5.55. The van der Waals surface area contributed by atoms with Gasteiger partial charge < -0.3 is 0 Å². The first-order valence-corrected chi connectivity index (χ1v) is 9.36. The van der Waals surface area contributed by atoms with Gasteiger partial charge in [-0.2, -0.15) is 0 Å². The molecular formula is C19H17BrN2OS. The second-order valence-corrected chi connectivity index (χ2v) is 7.10. The Morgan fingerprint density at radius 2 is 1.88 bits per heavy atom. The van der Waals surface area contributed by atoms with E-state index in [-0.39, 0.29) is 5.91 Å². The second kappa shape index (κ2) is 7.28. The molecule has 3 aromatic rings. The van der Waals surface area contributed by atoms with Crippen LogP contribution in [0.5, 0.6) is 0 Å². The summed E-state index contributed by atoms with van der Waals surface area (Å²) in [6, 6.07) is 15.7. The lowest BCUT2D eigenvalue weighted by Crippen LogP contribution is -2.30. The normalized spacial score (nSPS) is 10.6. The summed E-state index contributed by atoms with van der Waals surface area (Å²) in [6.07, 6.45) is 0. The van der Waals surface area contributed by atoms with Gasteiger partial charge in [0.2, 0.25) is 0 Å². The molecule has 3 rings (SSSR count). The van der Waals surface area contributed by atoms with Crippen LogP contribution < -0.4 is 4.90 Å². The fraction of sp³-hybridized carbons (Fsp3) is 0.158. The van der Waals surface area contributed by atoms with E-state index in [2.05, 4.69) is 52.1 Å². The molecule has 1 aromatic heterocycles. The molecule has 2 aromatic carbocycles. The SMILES string of the molecule is CCN(C(=O)c1ccccc1Br)c1nc(-c2ccc(C)cc2)cs1. The molecule has 0 aliphatic rings. The first kappa shape index (κ1) is 16.9. The summed E-state index contributed by atoms with van der Waals surface area (Å²) in [6.45, 7) is 4.59. The Kier molecular flexibility index (Phi) is 5.11. The van der Waals surface area contributed by atoms with Crippen LogP contribution in [-0.4, -0.2) is 17.4 Å². The van der Waals surface area contributed by atoms with Gasteiger partial charge >= 0.3 is 0 Å². The van der Waals surface area contributed by atoms with E-state index in [1.807, 2.05) is 36.6 Å². The number of carbonyl (C=O) groups excluding carboxylic acids is 1. The van der Waals surface area contributed by atoms with E-state index in [0.717, 1.165) is 15.7 Å². The van der Waals surface area contributed by atoms with Crippen LogP contribution in [0.3, 0.4) is 0 Å². The third kappa shape index (κ3) is 3.42. The van der Waals surface area contributed by atoms with Crippen LogP contribution in [0, 0.1) is 6.92 Å². The van der Waals surface area contributed by atoms with E-state index in [1.54, 1.807) is 4.90 Å². The Hall–Kier alpha value is -1.98. The molecule has 1 heterocycles. The monoisotopic (exact) mass is 400 g/mol. The molecule has 0 atom stereocenters. The molecule has 0 bridgehead atoms. The highest BCUT2D eigenvalue weighted by Crippen LogP contribution is 2.29. The minimum absolute atomic E-state index is 0.0465. The van der Waals surface area contributed by atoms with Crippen molar-refractivity contribution in [1.82, 2.24) is 4.98 Å². The number of hydrogen-bond acceptors (Lipinski definition) is 3. The first-order chi connectivity index (χ1) is 11.6. The smallest absolute Gasteiger partial charge is 0.261 e. The van der Waals surface area contributed by atoms with Gasteiger partial charge in [-0.15, -0.1) is 11.3 Å². The van der Waals surface area contributed by atoms with Gasteiger partial charge in [0.25, 0.3) is 5.91 Å². The van der Waals surface area contributed by atoms with E-state index in [0.29, 0.717) is 17.2 Å². The lowest BCUT2D eigenvalue weighted by atomic mass is 10.1. The molecular weight excluding hydrogens is 384 g/mol. The molecule has 5 heteroatoms. The minimum atomic E-state index is -0.0465. The number of aryl methyl sites for hydroxylation is 1. The fourth-order valence-electron chi connectivity index (χ4n) is 2.39. The topological polar surface area (TPSA) is 33.2 Å². The largest absolute Gasteiger partial charge is 0.284 e. The zero-order valence-corrected chi connectivity index (χ0v) is 15.9. The lowest BCUT2D eigenvalue weighted by molar-refractivity contribution is 0.0987. The summed E-state index contributed by atoms with van der Waals surface area (Å²) >= 11 is 4.94. The molecule has 0 aliphatic carbocycles. The summed E-state index contributed by atoms with van der Waals surface area (Å²) in [7, 11) is 0. The van der Waals surface area contributed by atoms with Crippen LogP contribution in [0.4, 0.5) is 5.13 Å². The van der Waals surface area contributed by atoms with Crippen LogP contribution in [0.2, 0.25) is 0 Å². The van der Waals surface area contributed by atoms with Crippen molar-refractivity contribution in [2.24, 2.45) is 0 Å². The van der Waals surface area contributed by atoms with Crippen LogP contribution in [0.25, 0.3) is 11.3 Å². The number of halogens is 1. The van der Waals surface area contributed by atoms with Gasteiger partial charge in [-0.3, -0.25) is 9.69 Å². The maximum absolute atomic E-state index is 12.9. The number of benzene rings is 2. The van der Waals surface area contributed by atoms with Gasteiger partial charge in [0.1, 0.15) is 0 Å². The standard InChI is InChI=1S/C19H17BrN2OS/c1-3-22(18(23)15-6-4-5-7-16(15)20)19-21-17(12-24-19)14-10-8-13(2)9-11-14/h4-12H,3H2,1-2H3. The van der Waals surface area contributed by atoms with Gasteiger partial charge in [0.05, 0.1) is 11.3 Å². The number of anilines is 1. The number of aromatic nitrogens is 1. The van der Waals surface area contributed by atoms with Crippen molar-refractivity contribution in [2.45, 2.75) is 13.8 Å². The maximum atomic E-state index is 12.9. The van der Waals surface area contributed by atoms with Crippen molar-refractivity contribution in [3.05, 3.63) is 69.5 Å². The third-order valence-corrected chi connectivity index (χ3v) is 5.29. The molecule has 0 aliphatic heterocycles. The Bertz CT molecular complexity index is 858. The molecule has 122 valence electrons. The third-order valence-electron chi connectivity index (χ3n) is 3.74. The van der Waals surface area contributed by atoms with Crippen molar-refractivity contribution in [1.29, 1.82) is 0 Å². The fourth-order valence-corrected chi connectivity index (χ4v) is 3.74. The summed E-state index contributed by atoms with van der Waals surface area (Å²) in [5, 5.41) is 2.71. The number of thiazole rings is 1. The molecule has 1 amide bonds. The molecule has 0 N–H and O–H groups in total. The van der Waals surface area contributed by atoms with Crippen molar-refractivity contribution < 1.29 is 4.79 Å². The molecule has 0 radical (unpaired) electrons. The van der Waals surface area contributed by atoms with E-state index in [1.165, 1.54) is 16.9 Å². The highest BCUT2D eigenvalue weighted by Gasteiger charge is 2.21. The summed E-state index contributed by atoms with van der Waals surface area (Å²) < 4.78 is 0.795. The molecule has 3 nitrogen and oxygen atoms in total.